The van der Waals surface area contributed by atoms with E-state index < -0.39 is 0 Å². The Kier molecular flexibility index (Phi) is 6.07. The van der Waals surface area contributed by atoms with E-state index in [9.17, 15) is 4.79 Å². The highest BCUT2D eigenvalue weighted by Gasteiger charge is 2.02. The molecule has 0 bridgehead atoms. The second-order valence-corrected chi connectivity index (χ2v) is 2.56. The van der Waals surface area contributed by atoms with Gasteiger partial charge in [-0.1, -0.05) is 32.1 Å². The zero-order valence-electron chi connectivity index (χ0n) is 7.80. The number of esters is 1. The van der Waals surface area contributed by atoms with E-state index in [1.165, 1.54) is 0 Å². The number of allylic oxidation sites excluding steroid dienone is 1. The molecule has 0 aliphatic heterocycles. The summed E-state index contributed by atoms with van der Waals surface area (Å²) in [5.41, 5.74) is 0.679. The van der Waals surface area contributed by atoms with E-state index in [0.717, 1.165) is 12.8 Å². The van der Waals surface area contributed by atoms with Crippen molar-refractivity contribution in [3.05, 3.63) is 24.3 Å². The Morgan fingerprint density at radius 1 is 1.58 bits per heavy atom. The van der Waals surface area contributed by atoms with E-state index in [0.29, 0.717) is 5.57 Å². The van der Waals surface area contributed by atoms with Crippen LogP contribution < -0.4 is 0 Å². The fourth-order valence-electron chi connectivity index (χ4n) is 0.693. The van der Waals surface area contributed by atoms with Gasteiger partial charge in [-0.3, -0.25) is 0 Å². The molecule has 2 nitrogen and oxygen atoms in total. The lowest BCUT2D eigenvalue weighted by Crippen LogP contribution is -2.05. The number of carbonyl (C=O) groups excluding carboxylic acids is 1. The molecule has 0 saturated heterocycles. The first-order chi connectivity index (χ1) is 5.72. The quantitative estimate of drug-likeness (QED) is 0.358. The van der Waals surface area contributed by atoms with Gasteiger partial charge in [-0.25, -0.2) is 4.79 Å². The normalized spacial score (nSPS) is 11.0. The van der Waals surface area contributed by atoms with Gasteiger partial charge in [0.2, 0.25) is 0 Å². The topological polar surface area (TPSA) is 26.3 Å². The van der Waals surface area contributed by atoms with Crippen molar-refractivity contribution in [1.82, 2.24) is 0 Å². The fraction of sp³-hybridized carbons (Fsp3) is 0.500. The van der Waals surface area contributed by atoms with Crippen LogP contribution in [0.2, 0.25) is 0 Å². The second kappa shape index (κ2) is 6.65. The van der Waals surface area contributed by atoms with Gasteiger partial charge in [0.15, 0.2) is 0 Å². The largest absolute Gasteiger partial charge is 0.458 e. The Hall–Kier alpha value is -1.05. The molecular formula is C10H16O2. The monoisotopic (exact) mass is 168 g/mol. The molecule has 0 unspecified atom stereocenters. The standard InChI is InChI=1S/C10H16O2/c1-4-6-7-9(3)10(11)12-8-5-2/h5,7H,2,4,6,8H2,1,3H3. The first-order valence-electron chi connectivity index (χ1n) is 4.17. The van der Waals surface area contributed by atoms with Crippen LogP contribution >= 0.6 is 0 Å². The fourth-order valence-corrected chi connectivity index (χ4v) is 0.693. The van der Waals surface area contributed by atoms with Crippen molar-refractivity contribution in [1.29, 1.82) is 0 Å². The Bertz CT molecular complexity index is 180. The summed E-state index contributed by atoms with van der Waals surface area (Å²) in [5, 5.41) is 0. The number of hydrogen-bond donors (Lipinski definition) is 0. The molecular weight excluding hydrogens is 152 g/mol. The minimum atomic E-state index is -0.247. The van der Waals surface area contributed by atoms with Gasteiger partial charge >= 0.3 is 5.97 Å². The Labute approximate surface area is 73.9 Å². The summed E-state index contributed by atoms with van der Waals surface area (Å²) in [5.74, 6) is -0.247. The number of ether oxygens (including phenoxy) is 1. The molecule has 0 fully saturated rings. The van der Waals surface area contributed by atoms with Crippen LogP contribution in [-0.2, 0) is 9.53 Å². The molecule has 0 atom stereocenters. The van der Waals surface area contributed by atoms with Crippen molar-refractivity contribution >= 4 is 5.97 Å². The van der Waals surface area contributed by atoms with E-state index >= 15 is 0 Å². The first-order valence-corrected chi connectivity index (χ1v) is 4.17. The SMILES string of the molecule is C=CCOC(=O)C(C)=CCCC. The van der Waals surface area contributed by atoms with Crippen LogP contribution in [0.25, 0.3) is 0 Å². The molecule has 0 aliphatic carbocycles. The van der Waals surface area contributed by atoms with E-state index in [2.05, 4.69) is 13.5 Å². The van der Waals surface area contributed by atoms with E-state index in [-0.39, 0.29) is 12.6 Å². The van der Waals surface area contributed by atoms with Crippen LogP contribution in [0.5, 0.6) is 0 Å². The highest BCUT2D eigenvalue weighted by atomic mass is 16.5. The molecule has 0 aromatic carbocycles. The summed E-state index contributed by atoms with van der Waals surface area (Å²) in [4.78, 5) is 11.1. The number of hydrogen-bond acceptors (Lipinski definition) is 2. The second-order valence-electron chi connectivity index (χ2n) is 2.56. The van der Waals surface area contributed by atoms with Crippen molar-refractivity contribution in [2.75, 3.05) is 6.61 Å². The molecule has 0 heterocycles. The van der Waals surface area contributed by atoms with Gasteiger partial charge in [-0.05, 0) is 13.3 Å². The molecule has 0 aromatic rings. The van der Waals surface area contributed by atoms with Crippen LogP contribution in [-0.4, -0.2) is 12.6 Å². The molecule has 0 spiro atoms. The molecule has 0 N–H and O–H groups in total. The summed E-state index contributed by atoms with van der Waals surface area (Å²) < 4.78 is 4.82. The maximum absolute atomic E-state index is 11.1. The maximum Gasteiger partial charge on any atom is 0.333 e. The van der Waals surface area contributed by atoms with E-state index in [1.54, 1.807) is 13.0 Å². The minimum Gasteiger partial charge on any atom is -0.458 e. The van der Waals surface area contributed by atoms with Gasteiger partial charge in [-0.2, -0.15) is 0 Å². The van der Waals surface area contributed by atoms with Crippen molar-refractivity contribution in [2.24, 2.45) is 0 Å². The molecule has 0 aliphatic rings. The molecule has 0 radical (unpaired) electrons. The summed E-state index contributed by atoms with van der Waals surface area (Å²) in [6.07, 6.45) is 5.43. The summed E-state index contributed by atoms with van der Waals surface area (Å²) >= 11 is 0. The van der Waals surface area contributed by atoms with Crippen molar-refractivity contribution in [3.8, 4) is 0 Å². The van der Waals surface area contributed by atoms with Gasteiger partial charge in [0.05, 0.1) is 0 Å². The lowest BCUT2D eigenvalue weighted by atomic mass is 10.2. The predicted molar refractivity (Wildman–Crippen MR) is 49.8 cm³/mol. The third kappa shape index (κ3) is 4.72. The molecule has 0 rings (SSSR count). The molecule has 0 aromatic heterocycles. The van der Waals surface area contributed by atoms with Crippen LogP contribution in [0, 0.1) is 0 Å². The van der Waals surface area contributed by atoms with Crippen LogP contribution in [0.15, 0.2) is 24.3 Å². The smallest absolute Gasteiger partial charge is 0.333 e. The average molecular weight is 168 g/mol. The third-order valence-electron chi connectivity index (χ3n) is 1.39. The third-order valence-corrected chi connectivity index (χ3v) is 1.39. The summed E-state index contributed by atoms with van der Waals surface area (Å²) in [7, 11) is 0. The highest BCUT2D eigenvalue weighted by molar-refractivity contribution is 5.87. The molecule has 0 saturated carbocycles. The van der Waals surface area contributed by atoms with E-state index in [4.69, 9.17) is 4.74 Å². The summed E-state index contributed by atoms with van der Waals surface area (Å²) in [6.45, 7) is 7.58. The van der Waals surface area contributed by atoms with Crippen LogP contribution in [0.3, 0.4) is 0 Å². The number of carbonyl (C=O) groups is 1. The van der Waals surface area contributed by atoms with Gasteiger partial charge in [-0.15, -0.1) is 0 Å². The number of unbranched alkanes of at least 4 members (excludes halogenated alkanes) is 1. The molecule has 68 valence electrons. The first kappa shape index (κ1) is 11.0. The van der Waals surface area contributed by atoms with Gasteiger partial charge < -0.3 is 4.74 Å². The zero-order chi connectivity index (χ0) is 9.40. The zero-order valence-corrected chi connectivity index (χ0v) is 7.80. The molecule has 2 heteroatoms. The lowest BCUT2D eigenvalue weighted by Gasteiger charge is -2.00. The highest BCUT2D eigenvalue weighted by Crippen LogP contribution is 2.00. The van der Waals surface area contributed by atoms with Gasteiger partial charge in [0.25, 0.3) is 0 Å². The minimum absolute atomic E-state index is 0.247. The Balaban J connectivity index is 3.82. The molecule has 0 amide bonds. The lowest BCUT2D eigenvalue weighted by molar-refractivity contribution is -0.137. The van der Waals surface area contributed by atoms with Crippen LogP contribution in [0.1, 0.15) is 26.7 Å². The Morgan fingerprint density at radius 2 is 2.25 bits per heavy atom. The maximum atomic E-state index is 11.1. The van der Waals surface area contributed by atoms with Crippen molar-refractivity contribution in [3.63, 3.8) is 0 Å². The van der Waals surface area contributed by atoms with Gasteiger partial charge in [0.1, 0.15) is 6.61 Å². The van der Waals surface area contributed by atoms with Crippen LogP contribution in [0.4, 0.5) is 0 Å². The van der Waals surface area contributed by atoms with Crippen molar-refractivity contribution in [2.45, 2.75) is 26.7 Å². The van der Waals surface area contributed by atoms with Gasteiger partial charge in [0, 0.05) is 5.57 Å². The van der Waals surface area contributed by atoms with E-state index in [1.807, 2.05) is 6.08 Å². The average Bonchev–Trinajstić information content (AvgIpc) is 2.10. The number of rotatable bonds is 5. The summed E-state index contributed by atoms with van der Waals surface area (Å²) in [6, 6.07) is 0. The molecule has 12 heavy (non-hydrogen) atoms. The van der Waals surface area contributed by atoms with Crippen molar-refractivity contribution < 1.29 is 9.53 Å². The predicted octanol–water partition coefficient (Wildman–Crippen LogP) is 2.46. The Morgan fingerprint density at radius 3 is 2.75 bits per heavy atom.